The number of benzene rings is 2. The Hall–Kier alpha value is -2.02. The zero-order chi connectivity index (χ0) is 15.6. The van der Waals surface area contributed by atoms with Crippen molar-refractivity contribution in [2.75, 3.05) is 4.90 Å². The van der Waals surface area contributed by atoms with Crippen molar-refractivity contribution in [2.45, 2.75) is 6.18 Å². The number of anilines is 2. The smallest absolute Gasteiger partial charge is 0.351 e. The standard InChI is InChI=1S/C14H10BrF3N2O/c15-12-7-6-10(8-11(12)14(16,17)18)20(13(19)21)9-4-2-1-3-5-9/h1-8H,(H2,19,21). The molecule has 0 aromatic heterocycles. The van der Waals surface area contributed by atoms with Crippen molar-refractivity contribution < 1.29 is 18.0 Å². The van der Waals surface area contributed by atoms with E-state index >= 15 is 0 Å². The van der Waals surface area contributed by atoms with Gasteiger partial charge in [-0.25, -0.2) is 4.79 Å². The molecule has 0 fully saturated rings. The van der Waals surface area contributed by atoms with E-state index in [2.05, 4.69) is 15.9 Å². The fourth-order valence-corrected chi connectivity index (χ4v) is 2.32. The van der Waals surface area contributed by atoms with E-state index in [0.29, 0.717) is 5.69 Å². The number of halogens is 4. The van der Waals surface area contributed by atoms with Crippen LogP contribution in [0, 0.1) is 0 Å². The summed E-state index contributed by atoms with van der Waals surface area (Å²) in [5.41, 5.74) is 4.85. The highest BCUT2D eigenvalue weighted by Gasteiger charge is 2.34. The van der Waals surface area contributed by atoms with Crippen LogP contribution in [-0.4, -0.2) is 6.03 Å². The van der Waals surface area contributed by atoms with Crippen LogP contribution in [0.2, 0.25) is 0 Å². The maximum Gasteiger partial charge on any atom is 0.417 e. The normalized spacial score (nSPS) is 11.2. The van der Waals surface area contributed by atoms with E-state index in [1.807, 2.05) is 0 Å². The van der Waals surface area contributed by atoms with Crippen molar-refractivity contribution in [1.82, 2.24) is 0 Å². The molecule has 2 N–H and O–H groups in total. The average Bonchev–Trinajstić information content (AvgIpc) is 2.40. The van der Waals surface area contributed by atoms with Crippen molar-refractivity contribution in [2.24, 2.45) is 5.73 Å². The lowest BCUT2D eigenvalue weighted by Gasteiger charge is -2.22. The molecular weight excluding hydrogens is 349 g/mol. The van der Waals surface area contributed by atoms with Gasteiger partial charge in [-0.1, -0.05) is 34.1 Å². The predicted octanol–water partition coefficient (Wildman–Crippen LogP) is 4.68. The average molecular weight is 359 g/mol. The third-order valence-corrected chi connectivity index (χ3v) is 3.44. The summed E-state index contributed by atoms with van der Waals surface area (Å²) in [6.07, 6.45) is -4.53. The monoisotopic (exact) mass is 358 g/mol. The van der Waals surface area contributed by atoms with Gasteiger partial charge in [-0.3, -0.25) is 4.90 Å². The van der Waals surface area contributed by atoms with Gasteiger partial charge in [0.1, 0.15) is 0 Å². The molecule has 0 aliphatic heterocycles. The van der Waals surface area contributed by atoms with E-state index in [1.165, 1.54) is 12.1 Å². The quantitative estimate of drug-likeness (QED) is 0.831. The number of nitrogens with two attached hydrogens (primary N) is 1. The lowest BCUT2D eigenvalue weighted by atomic mass is 10.1. The Balaban J connectivity index is 2.55. The van der Waals surface area contributed by atoms with E-state index in [1.54, 1.807) is 30.3 Å². The Morgan fingerprint density at radius 1 is 1.05 bits per heavy atom. The molecule has 0 heterocycles. The minimum absolute atomic E-state index is 0.0456. The lowest BCUT2D eigenvalue weighted by molar-refractivity contribution is -0.138. The first-order valence-electron chi connectivity index (χ1n) is 5.82. The summed E-state index contributed by atoms with van der Waals surface area (Å²) in [6.45, 7) is 0. The number of para-hydroxylation sites is 1. The summed E-state index contributed by atoms with van der Waals surface area (Å²) in [6, 6.07) is 10.8. The first-order valence-corrected chi connectivity index (χ1v) is 6.61. The topological polar surface area (TPSA) is 46.3 Å². The van der Waals surface area contributed by atoms with Gasteiger partial charge in [-0.2, -0.15) is 13.2 Å². The highest BCUT2D eigenvalue weighted by molar-refractivity contribution is 9.10. The molecule has 0 aliphatic carbocycles. The number of nitrogens with zero attached hydrogens (tertiary/aromatic N) is 1. The minimum atomic E-state index is -4.53. The zero-order valence-electron chi connectivity index (χ0n) is 10.6. The molecule has 0 aliphatic rings. The zero-order valence-corrected chi connectivity index (χ0v) is 12.1. The highest BCUT2D eigenvalue weighted by Crippen LogP contribution is 2.38. The molecule has 2 amide bonds. The third-order valence-electron chi connectivity index (χ3n) is 2.75. The Kier molecular flexibility index (Phi) is 4.22. The molecule has 2 aromatic carbocycles. The number of hydrogen-bond donors (Lipinski definition) is 1. The fraction of sp³-hybridized carbons (Fsp3) is 0.0714. The number of carbonyl (C=O) groups is 1. The number of amides is 2. The molecule has 0 saturated carbocycles. The van der Waals surface area contributed by atoms with Crippen LogP contribution in [0.15, 0.2) is 53.0 Å². The van der Waals surface area contributed by atoms with E-state index in [4.69, 9.17) is 5.73 Å². The van der Waals surface area contributed by atoms with Crippen molar-refractivity contribution in [3.05, 3.63) is 58.6 Å². The molecule has 0 unspecified atom stereocenters. The van der Waals surface area contributed by atoms with Crippen LogP contribution >= 0.6 is 15.9 Å². The number of alkyl halides is 3. The van der Waals surface area contributed by atoms with Gasteiger partial charge in [0.05, 0.1) is 16.9 Å². The predicted molar refractivity (Wildman–Crippen MR) is 77.3 cm³/mol. The molecule has 2 rings (SSSR count). The fourth-order valence-electron chi connectivity index (χ4n) is 1.85. The molecule has 3 nitrogen and oxygen atoms in total. The van der Waals surface area contributed by atoms with Crippen LogP contribution in [0.4, 0.5) is 29.3 Å². The maximum absolute atomic E-state index is 12.9. The Bertz CT molecular complexity index is 659. The van der Waals surface area contributed by atoms with Gasteiger partial charge >= 0.3 is 12.2 Å². The van der Waals surface area contributed by atoms with Gasteiger partial charge < -0.3 is 5.73 Å². The number of urea groups is 1. The molecule has 0 radical (unpaired) electrons. The first-order chi connectivity index (χ1) is 9.80. The van der Waals surface area contributed by atoms with E-state index in [0.717, 1.165) is 11.0 Å². The molecule has 21 heavy (non-hydrogen) atoms. The third kappa shape index (κ3) is 3.36. The number of primary amides is 1. The molecule has 2 aromatic rings. The highest BCUT2D eigenvalue weighted by atomic mass is 79.9. The lowest BCUT2D eigenvalue weighted by Crippen LogP contribution is -2.31. The largest absolute Gasteiger partial charge is 0.417 e. The van der Waals surface area contributed by atoms with Crippen LogP contribution < -0.4 is 10.6 Å². The van der Waals surface area contributed by atoms with Crippen molar-refractivity contribution in [1.29, 1.82) is 0 Å². The van der Waals surface area contributed by atoms with Gasteiger partial charge in [-0.05, 0) is 30.3 Å². The van der Waals surface area contributed by atoms with Gasteiger partial charge in [0, 0.05) is 4.47 Å². The number of hydrogen-bond acceptors (Lipinski definition) is 1. The van der Waals surface area contributed by atoms with Crippen LogP contribution in [0.3, 0.4) is 0 Å². The SMILES string of the molecule is NC(=O)N(c1ccccc1)c1ccc(Br)c(C(F)(F)F)c1. The van der Waals surface area contributed by atoms with Gasteiger partial charge in [-0.15, -0.1) is 0 Å². The van der Waals surface area contributed by atoms with E-state index in [-0.39, 0.29) is 10.2 Å². The van der Waals surface area contributed by atoms with Crippen molar-refractivity contribution >= 4 is 33.3 Å². The first kappa shape index (κ1) is 15.4. The summed E-state index contributed by atoms with van der Waals surface area (Å²) in [4.78, 5) is 12.6. The molecule has 0 atom stereocenters. The summed E-state index contributed by atoms with van der Waals surface area (Å²) in [5.74, 6) is 0. The summed E-state index contributed by atoms with van der Waals surface area (Å²) in [7, 11) is 0. The molecular formula is C14H10BrF3N2O. The Morgan fingerprint density at radius 3 is 2.19 bits per heavy atom. The number of rotatable bonds is 2. The summed E-state index contributed by atoms with van der Waals surface area (Å²) >= 11 is 2.85. The van der Waals surface area contributed by atoms with Crippen LogP contribution in [-0.2, 0) is 6.18 Å². The molecule has 0 bridgehead atoms. The van der Waals surface area contributed by atoms with Crippen LogP contribution in [0.25, 0.3) is 0 Å². The van der Waals surface area contributed by atoms with Gasteiger partial charge in [0.25, 0.3) is 0 Å². The second-order valence-corrected chi connectivity index (χ2v) is 5.03. The maximum atomic E-state index is 12.9. The number of carbonyl (C=O) groups excluding carboxylic acids is 1. The Labute approximate surface area is 127 Å². The second-order valence-electron chi connectivity index (χ2n) is 4.17. The summed E-state index contributed by atoms with van der Waals surface area (Å²) in [5, 5.41) is 0. The molecule has 110 valence electrons. The molecule has 7 heteroatoms. The molecule has 0 spiro atoms. The van der Waals surface area contributed by atoms with E-state index in [9.17, 15) is 18.0 Å². The second kappa shape index (κ2) is 5.77. The summed E-state index contributed by atoms with van der Waals surface area (Å²) < 4.78 is 38.7. The van der Waals surface area contributed by atoms with Crippen molar-refractivity contribution in [3.8, 4) is 0 Å². The van der Waals surface area contributed by atoms with Crippen LogP contribution in [0.5, 0.6) is 0 Å². The van der Waals surface area contributed by atoms with E-state index < -0.39 is 17.8 Å². The minimum Gasteiger partial charge on any atom is -0.351 e. The van der Waals surface area contributed by atoms with Crippen LogP contribution in [0.1, 0.15) is 5.56 Å². The Morgan fingerprint density at radius 2 is 1.67 bits per heavy atom. The van der Waals surface area contributed by atoms with Crippen molar-refractivity contribution in [3.63, 3.8) is 0 Å². The van der Waals surface area contributed by atoms with Gasteiger partial charge in [0.15, 0.2) is 0 Å². The van der Waals surface area contributed by atoms with Gasteiger partial charge in [0.2, 0.25) is 0 Å². The molecule has 0 saturated heterocycles.